The molecule has 5 heteroatoms. The fraction of sp³-hybridized carbons (Fsp3) is 0.897. The number of rotatable bonds is 18. The van der Waals surface area contributed by atoms with E-state index in [-0.39, 0.29) is 11.5 Å². The van der Waals surface area contributed by atoms with Crippen LogP contribution in [0.1, 0.15) is 101 Å². The second kappa shape index (κ2) is 15.2. The minimum Gasteiger partial charge on any atom is -0.417 e. The lowest BCUT2D eigenvalue weighted by molar-refractivity contribution is 0.00157. The van der Waals surface area contributed by atoms with E-state index in [4.69, 9.17) is 13.6 Å². The maximum atomic E-state index is 6.94. The molecule has 1 rings (SSSR count). The largest absolute Gasteiger partial charge is 0.417 e. The van der Waals surface area contributed by atoms with E-state index < -0.39 is 16.6 Å². The lowest BCUT2D eigenvalue weighted by Crippen LogP contribution is -2.40. The van der Waals surface area contributed by atoms with Crippen LogP contribution in [0, 0.1) is 5.41 Å². The molecule has 0 aromatic heterocycles. The molecule has 3 atom stereocenters. The lowest BCUT2D eigenvalue weighted by atomic mass is 9.81. The van der Waals surface area contributed by atoms with E-state index in [1.807, 2.05) is 0 Å². The van der Waals surface area contributed by atoms with Crippen molar-refractivity contribution < 1.29 is 13.6 Å². The van der Waals surface area contributed by atoms with E-state index in [0.717, 1.165) is 45.1 Å². The van der Waals surface area contributed by atoms with Crippen LogP contribution in [0.3, 0.4) is 0 Å². The fourth-order valence-electron chi connectivity index (χ4n) is 5.77. The van der Waals surface area contributed by atoms with Gasteiger partial charge in [0.2, 0.25) is 0 Å². The standard InChI is InChI=1S/C29H58O3Si2/c1-11-25(8)23-26(32-34(15-5,16-6)17-7)20-21-28-29(9,10)24-27(31-28)19-18-22-30-33(12-2,13-3)14-4/h26-28H,1,12-24H2,2-10H3/t26-,27?,28+/m1/s1. The monoisotopic (exact) mass is 510 g/mol. The molecule has 0 aliphatic carbocycles. The van der Waals surface area contributed by atoms with E-state index in [1.54, 1.807) is 0 Å². The Labute approximate surface area is 215 Å². The van der Waals surface area contributed by atoms with Crippen molar-refractivity contribution in [2.45, 2.75) is 155 Å². The average Bonchev–Trinajstić information content (AvgIpc) is 3.14. The van der Waals surface area contributed by atoms with E-state index in [2.05, 4.69) is 74.6 Å². The summed E-state index contributed by atoms with van der Waals surface area (Å²) in [5, 5.41) is 0. The normalized spacial score (nSPS) is 21.4. The van der Waals surface area contributed by atoms with Gasteiger partial charge in [-0.2, -0.15) is 0 Å². The van der Waals surface area contributed by atoms with Gasteiger partial charge in [0, 0.05) is 19.1 Å². The molecule has 0 spiro atoms. The number of hydrogen-bond acceptors (Lipinski definition) is 3. The van der Waals surface area contributed by atoms with Crippen LogP contribution >= 0.6 is 0 Å². The Morgan fingerprint density at radius 2 is 1.53 bits per heavy atom. The third-order valence-corrected chi connectivity index (χ3v) is 18.3. The molecule has 1 unspecified atom stereocenters. The zero-order chi connectivity index (χ0) is 25.8. The van der Waals surface area contributed by atoms with Crippen LogP contribution in [-0.4, -0.2) is 41.6 Å². The topological polar surface area (TPSA) is 27.7 Å². The maximum absolute atomic E-state index is 6.94. The van der Waals surface area contributed by atoms with Gasteiger partial charge in [0.25, 0.3) is 0 Å². The molecular formula is C29H58O3Si2. The van der Waals surface area contributed by atoms with Crippen molar-refractivity contribution in [3.05, 3.63) is 17.9 Å². The van der Waals surface area contributed by atoms with E-state index in [0.29, 0.717) is 12.2 Å². The van der Waals surface area contributed by atoms with Crippen molar-refractivity contribution in [2.24, 2.45) is 5.41 Å². The second-order valence-corrected chi connectivity index (χ2v) is 20.9. The van der Waals surface area contributed by atoms with Gasteiger partial charge in [0.05, 0.1) is 12.2 Å². The summed E-state index contributed by atoms with van der Waals surface area (Å²) in [6.07, 6.45) is 7.44. The Morgan fingerprint density at radius 1 is 0.971 bits per heavy atom. The highest BCUT2D eigenvalue weighted by atomic mass is 28.4. The molecule has 1 heterocycles. The molecule has 1 fully saturated rings. The van der Waals surface area contributed by atoms with Crippen LogP contribution in [0.25, 0.3) is 0 Å². The lowest BCUT2D eigenvalue weighted by Gasteiger charge is -2.34. The Hall–Kier alpha value is -0.166. The third-order valence-electron chi connectivity index (χ3n) is 8.93. The van der Waals surface area contributed by atoms with Gasteiger partial charge in [-0.1, -0.05) is 62.0 Å². The van der Waals surface area contributed by atoms with Crippen molar-refractivity contribution in [1.82, 2.24) is 0 Å². The minimum absolute atomic E-state index is 0.225. The molecule has 3 nitrogen and oxygen atoms in total. The molecule has 0 N–H and O–H groups in total. The van der Waals surface area contributed by atoms with Crippen LogP contribution in [0.2, 0.25) is 36.3 Å². The second-order valence-electron chi connectivity index (χ2n) is 11.4. The van der Waals surface area contributed by atoms with Gasteiger partial charge in [0.1, 0.15) is 0 Å². The SMILES string of the molecule is C=C=C(C)C[C@@H](CC[C@@H]1OC(CCCO[Si](CC)(CC)CC)CC1(C)C)O[Si](CC)(CC)CC. The molecule has 0 amide bonds. The van der Waals surface area contributed by atoms with Crippen LogP contribution in [0.5, 0.6) is 0 Å². The van der Waals surface area contributed by atoms with Gasteiger partial charge in [-0.15, -0.1) is 5.73 Å². The van der Waals surface area contributed by atoms with Gasteiger partial charge >= 0.3 is 0 Å². The Morgan fingerprint density at radius 3 is 2.03 bits per heavy atom. The van der Waals surface area contributed by atoms with Gasteiger partial charge in [-0.05, 0) is 86.3 Å². The first-order chi connectivity index (χ1) is 16.1. The Balaban J connectivity index is 2.67. The van der Waals surface area contributed by atoms with Crippen LogP contribution in [0.15, 0.2) is 17.9 Å². The first-order valence-electron chi connectivity index (χ1n) is 14.4. The molecule has 1 aliphatic heterocycles. The molecule has 0 aromatic rings. The van der Waals surface area contributed by atoms with Gasteiger partial charge in [-0.25, -0.2) is 0 Å². The average molecular weight is 511 g/mol. The quantitative estimate of drug-likeness (QED) is 0.104. The van der Waals surface area contributed by atoms with Gasteiger partial charge < -0.3 is 13.6 Å². The van der Waals surface area contributed by atoms with E-state index in [9.17, 15) is 0 Å². The molecule has 1 aliphatic rings. The molecule has 34 heavy (non-hydrogen) atoms. The zero-order valence-electron chi connectivity index (χ0n) is 24.4. The van der Waals surface area contributed by atoms with Crippen molar-refractivity contribution >= 4 is 16.6 Å². The third kappa shape index (κ3) is 9.37. The highest BCUT2D eigenvalue weighted by molar-refractivity contribution is 6.74. The summed E-state index contributed by atoms with van der Waals surface area (Å²) in [7, 11) is -3.12. The van der Waals surface area contributed by atoms with Crippen LogP contribution in [-0.2, 0) is 13.6 Å². The molecule has 0 saturated carbocycles. The summed E-state index contributed by atoms with van der Waals surface area (Å²) < 4.78 is 20.1. The molecule has 200 valence electrons. The smallest absolute Gasteiger partial charge is 0.192 e. The zero-order valence-corrected chi connectivity index (χ0v) is 26.4. The van der Waals surface area contributed by atoms with Crippen molar-refractivity contribution in [3.8, 4) is 0 Å². The molecular weight excluding hydrogens is 452 g/mol. The van der Waals surface area contributed by atoms with Gasteiger partial charge in [-0.3, -0.25) is 0 Å². The summed E-state index contributed by atoms with van der Waals surface area (Å²) in [5.41, 5.74) is 4.54. The summed E-state index contributed by atoms with van der Waals surface area (Å²) in [6, 6.07) is 7.29. The summed E-state index contributed by atoms with van der Waals surface area (Å²) >= 11 is 0. The first kappa shape index (κ1) is 31.9. The van der Waals surface area contributed by atoms with Crippen molar-refractivity contribution in [2.75, 3.05) is 6.61 Å². The highest BCUT2D eigenvalue weighted by Gasteiger charge is 2.41. The number of ether oxygens (including phenoxy) is 1. The van der Waals surface area contributed by atoms with E-state index in [1.165, 1.54) is 41.8 Å². The first-order valence-corrected chi connectivity index (χ1v) is 19.5. The van der Waals surface area contributed by atoms with Gasteiger partial charge in [0.15, 0.2) is 16.6 Å². The van der Waals surface area contributed by atoms with Crippen LogP contribution in [0.4, 0.5) is 0 Å². The maximum Gasteiger partial charge on any atom is 0.192 e. The molecule has 0 bridgehead atoms. The predicted molar refractivity (Wildman–Crippen MR) is 154 cm³/mol. The summed E-state index contributed by atoms with van der Waals surface area (Å²) in [4.78, 5) is 0. The highest BCUT2D eigenvalue weighted by Crippen LogP contribution is 2.42. The molecule has 0 aromatic carbocycles. The fourth-order valence-corrected chi connectivity index (χ4v) is 11.4. The molecule has 1 saturated heterocycles. The summed E-state index contributed by atoms with van der Waals surface area (Å²) in [5.74, 6) is 0. The van der Waals surface area contributed by atoms with E-state index >= 15 is 0 Å². The van der Waals surface area contributed by atoms with Crippen LogP contribution < -0.4 is 0 Å². The van der Waals surface area contributed by atoms with Crippen molar-refractivity contribution in [3.63, 3.8) is 0 Å². The Bertz CT molecular complexity index is 602. The minimum atomic E-state index is -1.65. The predicted octanol–water partition coefficient (Wildman–Crippen LogP) is 9.26. The Kier molecular flexibility index (Phi) is 14.2. The van der Waals surface area contributed by atoms with Crippen molar-refractivity contribution in [1.29, 1.82) is 0 Å². The summed E-state index contributed by atoms with van der Waals surface area (Å²) in [6.45, 7) is 25.6. The number of hydrogen-bond donors (Lipinski definition) is 0. The molecule has 0 radical (unpaired) electrons.